The number of halogens is 1. The van der Waals surface area contributed by atoms with Gasteiger partial charge in [0.05, 0.1) is 23.9 Å². The maximum atomic E-state index is 13.7. The molecular formula is C33H35FN2O10S. The van der Waals surface area contributed by atoms with Gasteiger partial charge in [-0.15, -0.1) is 0 Å². The molecule has 2 saturated heterocycles. The summed E-state index contributed by atoms with van der Waals surface area (Å²) in [5.41, 5.74) is 0.0632. The smallest absolute Gasteiger partial charge is 0.410 e. The Kier molecular flexibility index (Phi) is 10.4. The molecule has 2 atom stereocenters. The number of amides is 1. The third-order valence-corrected chi connectivity index (χ3v) is 9.75. The molecule has 5 rings (SSSR count). The molecule has 2 fully saturated rings. The Balaban J connectivity index is 1.23. The number of carboxylic acid groups (broad SMARTS) is 1. The molecule has 3 aromatic rings. The van der Waals surface area contributed by atoms with Crippen molar-refractivity contribution in [1.29, 1.82) is 0 Å². The Hall–Kier alpha value is -4.53. The summed E-state index contributed by atoms with van der Waals surface area (Å²) in [6.45, 7) is 2.15. The second kappa shape index (κ2) is 14.5. The van der Waals surface area contributed by atoms with E-state index in [0.717, 1.165) is 5.56 Å². The van der Waals surface area contributed by atoms with E-state index in [2.05, 4.69) is 5.32 Å². The van der Waals surface area contributed by atoms with Gasteiger partial charge in [0.1, 0.15) is 17.6 Å². The van der Waals surface area contributed by atoms with Crippen molar-refractivity contribution in [2.75, 3.05) is 26.3 Å². The van der Waals surface area contributed by atoms with E-state index >= 15 is 0 Å². The normalized spacial score (nSPS) is 17.8. The van der Waals surface area contributed by atoms with Crippen molar-refractivity contribution >= 4 is 28.1 Å². The Bertz CT molecular complexity index is 1670. The first-order valence-corrected chi connectivity index (χ1v) is 16.5. The van der Waals surface area contributed by atoms with Crippen molar-refractivity contribution in [3.8, 4) is 5.75 Å². The molecule has 1 unspecified atom stereocenters. The van der Waals surface area contributed by atoms with Gasteiger partial charge in [-0.2, -0.15) is 4.31 Å². The molecule has 12 nitrogen and oxygen atoms in total. The third-order valence-electron chi connectivity index (χ3n) is 7.97. The molecule has 1 amide bonds. The summed E-state index contributed by atoms with van der Waals surface area (Å²) in [6, 6.07) is 18.9. The van der Waals surface area contributed by atoms with E-state index in [4.69, 9.17) is 18.9 Å². The number of hydrogen-bond acceptors (Lipinski definition) is 9. The zero-order chi connectivity index (χ0) is 33.6. The van der Waals surface area contributed by atoms with Gasteiger partial charge in [0.2, 0.25) is 16.3 Å². The highest BCUT2D eigenvalue weighted by molar-refractivity contribution is 7.89. The van der Waals surface area contributed by atoms with Crippen LogP contribution in [0.25, 0.3) is 0 Å². The molecule has 250 valence electrons. The van der Waals surface area contributed by atoms with Gasteiger partial charge in [0.15, 0.2) is 5.60 Å². The van der Waals surface area contributed by atoms with Crippen LogP contribution in [-0.2, 0) is 45.8 Å². The summed E-state index contributed by atoms with van der Waals surface area (Å²) in [7, 11) is -4.04. The van der Waals surface area contributed by atoms with Crippen LogP contribution < -0.4 is 10.1 Å². The molecule has 0 spiro atoms. The van der Waals surface area contributed by atoms with E-state index in [1.165, 1.54) is 53.7 Å². The summed E-state index contributed by atoms with van der Waals surface area (Å²) in [4.78, 5) is 36.7. The molecule has 2 aliphatic rings. The third kappa shape index (κ3) is 8.25. The molecule has 0 bridgehead atoms. The van der Waals surface area contributed by atoms with Crippen molar-refractivity contribution in [3.05, 3.63) is 95.8 Å². The number of nitrogens with one attached hydrogen (secondary N) is 1. The molecule has 0 saturated carbocycles. The number of carbonyl (C=O) groups excluding carboxylic acids is 2. The van der Waals surface area contributed by atoms with Crippen LogP contribution in [0.4, 0.5) is 9.18 Å². The molecule has 2 N–H and O–H groups in total. The Morgan fingerprint density at radius 3 is 2.34 bits per heavy atom. The number of carboxylic acids is 1. The predicted molar refractivity (Wildman–Crippen MR) is 164 cm³/mol. The van der Waals surface area contributed by atoms with Gasteiger partial charge in [0, 0.05) is 26.6 Å². The minimum absolute atomic E-state index is 0.0244. The average molecular weight is 671 g/mol. The number of benzene rings is 3. The lowest BCUT2D eigenvalue weighted by molar-refractivity contribution is -0.173. The quantitative estimate of drug-likeness (QED) is 0.214. The van der Waals surface area contributed by atoms with Crippen LogP contribution >= 0.6 is 0 Å². The van der Waals surface area contributed by atoms with E-state index < -0.39 is 51.8 Å². The largest absolute Gasteiger partial charge is 0.480 e. The first-order valence-electron chi connectivity index (χ1n) is 15.0. The zero-order valence-corrected chi connectivity index (χ0v) is 26.4. The molecule has 0 aromatic heterocycles. The molecule has 3 aromatic carbocycles. The fourth-order valence-corrected chi connectivity index (χ4v) is 7.04. The van der Waals surface area contributed by atoms with Crippen LogP contribution in [0.15, 0.2) is 83.8 Å². The standard InChI is InChI=1S/C33H35FN2O10S/c1-22(44-31(39)24-14-16-43-17-15-24)45-32(40)35-29(30(37)38)19-23-6-5-9-28(18-23)47(41,42)36-20-33(21-36,25-7-3-2-4-8-25)46-27-12-10-26(34)11-13-27/h2-13,18,22,24,29H,14-17,19-21H2,1H3,(H,35,40)(H,37,38)/t22-,29?/m1/s1. The molecule has 14 heteroatoms. The van der Waals surface area contributed by atoms with Crippen LogP contribution in [0, 0.1) is 11.7 Å². The number of hydrogen-bond donors (Lipinski definition) is 2. The molecule has 2 aliphatic heterocycles. The van der Waals surface area contributed by atoms with Crippen molar-refractivity contribution in [2.45, 2.75) is 49.0 Å². The molecular weight excluding hydrogens is 635 g/mol. The number of ether oxygens (including phenoxy) is 4. The highest BCUT2D eigenvalue weighted by Gasteiger charge is 2.52. The Morgan fingerprint density at radius 2 is 1.68 bits per heavy atom. The number of aliphatic carboxylic acids is 1. The lowest BCUT2D eigenvalue weighted by Gasteiger charge is -2.48. The minimum Gasteiger partial charge on any atom is -0.480 e. The zero-order valence-electron chi connectivity index (χ0n) is 25.5. The van der Waals surface area contributed by atoms with Gasteiger partial charge in [-0.3, -0.25) is 4.79 Å². The van der Waals surface area contributed by atoms with Gasteiger partial charge in [0.25, 0.3) is 0 Å². The van der Waals surface area contributed by atoms with Gasteiger partial charge in [-0.05, 0) is 60.4 Å². The van der Waals surface area contributed by atoms with E-state index in [1.807, 2.05) is 30.3 Å². The molecule has 0 aliphatic carbocycles. The second-order valence-electron chi connectivity index (χ2n) is 11.4. The summed E-state index contributed by atoms with van der Waals surface area (Å²) in [5, 5.41) is 12.0. The SMILES string of the molecule is C[C@@H](OC(=O)NC(Cc1cccc(S(=O)(=O)N2CC(Oc3ccc(F)cc3)(c3ccccc3)C2)c1)C(=O)O)OC(=O)C1CCOCC1. The van der Waals surface area contributed by atoms with Crippen molar-refractivity contribution in [3.63, 3.8) is 0 Å². The van der Waals surface area contributed by atoms with Crippen molar-refractivity contribution in [2.24, 2.45) is 5.92 Å². The first-order chi connectivity index (χ1) is 22.4. The van der Waals surface area contributed by atoms with Gasteiger partial charge < -0.3 is 29.4 Å². The minimum atomic E-state index is -4.04. The summed E-state index contributed by atoms with van der Waals surface area (Å²) >= 11 is 0. The number of rotatable bonds is 12. The van der Waals surface area contributed by atoms with E-state index in [9.17, 15) is 32.3 Å². The monoisotopic (exact) mass is 670 g/mol. The Morgan fingerprint density at radius 1 is 1.00 bits per heavy atom. The fraction of sp³-hybridized carbons (Fsp3) is 0.364. The highest BCUT2D eigenvalue weighted by Crippen LogP contribution is 2.40. The van der Waals surface area contributed by atoms with Crippen molar-refractivity contribution < 1.29 is 51.2 Å². The highest BCUT2D eigenvalue weighted by atomic mass is 32.2. The second-order valence-corrected chi connectivity index (χ2v) is 13.3. The number of carbonyl (C=O) groups is 3. The lowest BCUT2D eigenvalue weighted by atomic mass is 9.87. The number of nitrogens with zero attached hydrogens (tertiary/aromatic N) is 1. The van der Waals surface area contributed by atoms with Crippen LogP contribution in [0.1, 0.15) is 30.9 Å². The first kappa shape index (κ1) is 33.8. The predicted octanol–water partition coefficient (Wildman–Crippen LogP) is 3.84. The fourth-order valence-electron chi connectivity index (χ4n) is 5.43. The summed E-state index contributed by atoms with van der Waals surface area (Å²) in [5.74, 6) is -2.34. The summed E-state index contributed by atoms with van der Waals surface area (Å²) < 4.78 is 63.8. The summed E-state index contributed by atoms with van der Waals surface area (Å²) in [6.07, 6.45) is -1.66. The lowest BCUT2D eigenvalue weighted by Crippen LogP contribution is -2.64. The van der Waals surface area contributed by atoms with Gasteiger partial charge in [-0.25, -0.2) is 22.4 Å². The maximum Gasteiger partial charge on any atom is 0.410 e. The molecule has 47 heavy (non-hydrogen) atoms. The van der Waals surface area contributed by atoms with Crippen LogP contribution in [-0.4, -0.2) is 74.5 Å². The van der Waals surface area contributed by atoms with Crippen LogP contribution in [0.3, 0.4) is 0 Å². The molecule has 2 heterocycles. The van der Waals surface area contributed by atoms with E-state index in [1.54, 1.807) is 6.07 Å². The van der Waals surface area contributed by atoms with Crippen molar-refractivity contribution in [1.82, 2.24) is 9.62 Å². The van der Waals surface area contributed by atoms with Crippen LogP contribution in [0.2, 0.25) is 0 Å². The number of alkyl carbamates (subject to hydrolysis) is 1. The Labute approximate surface area is 271 Å². The van der Waals surface area contributed by atoms with Crippen LogP contribution in [0.5, 0.6) is 5.75 Å². The van der Waals surface area contributed by atoms with Gasteiger partial charge >= 0.3 is 18.0 Å². The average Bonchev–Trinajstić information content (AvgIpc) is 3.04. The number of sulfonamides is 1. The number of esters is 1. The van der Waals surface area contributed by atoms with Gasteiger partial charge in [-0.1, -0.05) is 42.5 Å². The maximum absolute atomic E-state index is 13.7. The topological polar surface area (TPSA) is 158 Å². The van der Waals surface area contributed by atoms with E-state index in [-0.39, 0.29) is 30.3 Å². The van der Waals surface area contributed by atoms with E-state index in [0.29, 0.717) is 37.4 Å². The molecule has 0 radical (unpaired) electrons.